The number of carboxylic acid groups (broad SMARTS) is 1. The van der Waals surface area contributed by atoms with E-state index in [9.17, 15) is 19.8 Å². The maximum absolute atomic E-state index is 12.8. The summed E-state index contributed by atoms with van der Waals surface area (Å²) in [5, 5.41) is 21.0. The Morgan fingerprint density at radius 2 is 1.54 bits per heavy atom. The molecule has 0 aromatic heterocycles. The fraction of sp³-hybridized carbons (Fsp3) is 0.636. The van der Waals surface area contributed by atoms with Crippen LogP contribution in [0.25, 0.3) is 0 Å². The van der Waals surface area contributed by atoms with E-state index < -0.39 is 5.97 Å². The largest absolute Gasteiger partial charge is 0.545 e. The molecule has 0 heterocycles. The number of unbranched alkanes of at least 4 members (excludes halogenated alkanes) is 6. The van der Waals surface area contributed by atoms with Crippen LogP contribution in [-0.4, -0.2) is 30.6 Å². The second-order valence-corrected chi connectivity index (χ2v) is 7.07. The number of hydrogen-bond donors (Lipinski definition) is 2. The number of ketones is 1. The lowest BCUT2D eigenvalue weighted by Crippen LogP contribution is -2.26. The van der Waals surface area contributed by atoms with Crippen molar-refractivity contribution >= 4 is 11.8 Å². The average molecular weight is 396 g/mol. The van der Waals surface area contributed by atoms with Crippen molar-refractivity contribution < 1.29 is 24.5 Å². The zero-order valence-electron chi connectivity index (χ0n) is 18.2. The summed E-state index contributed by atoms with van der Waals surface area (Å²) < 4.78 is 5.29. The summed E-state index contributed by atoms with van der Waals surface area (Å²) >= 11 is 0. The molecule has 1 aromatic carbocycles. The van der Waals surface area contributed by atoms with Crippen LogP contribution in [0.3, 0.4) is 0 Å². The van der Waals surface area contributed by atoms with Crippen LogP contribution < -0.4 is 16.0 Å². The van der Waals surface area contributed by atoms with Crippen molar-refractivity contribution in [2.24, 2.45) is 0 Å². The van der Waals surface area contributed by atoms with Crippen LogP contribution in [0.2, 0.25) is 0 Å². The molecule has 0 radical (unpaired) electrons. The Labute approximate surface area is 168 Å². The highest BCUT2D eigenvalue weighted by atomic mass is 16.5. The number of ether oxygens (including phenoxy) is 1. The Balaban J connectivity index is 0.00000729. The monoisotopic (exact) mass is 395 g/mol. The predicted octanol–water partition coefficient (Wildman–Crippen LogP) is 3.91. The van der Waals surface area contributed by atoms with Crippen LogP contribution in [0, 0.1) is 13.8 Å². The minimum atomic E-state index is -1.37. The van der Waals surface area contributed by atoms with Crippen LogP contribution in [0.15, 0.2) is 0 Å². The van der Waals surface area contributed by atoms with Gasteiger partial charge in [-0.1, -0.05) is 45.4 Å². The van der Waals surface area contributed by atoms with Gasteiger partial charge in [0.15, 0.2) is 5.78 Å². The van der Waals surface area contributed by atoms with E-state index in [0.29, 0.717) is 28.7 Å². The molecule has 0 aliphatic rings. The molecule has 28 heavy (non-hydrogen) atoms. The second kappa shape index (κ2) is 13.3. The first-order chi connectivity index (χ1) is 12.9. The lowest BCUT2D eigenvalue weighted by Gasteiger charge is -2.22. The number of aliphatic hydroxyl groups excluding tert-OH is 1. The molecule has 6 nitrogen and oxygen atoms in total. The fourth-order valence-electron chi connectivity index (χ4n) is 3.72. The third-order valence-electron chi connectivity index (χ3n) is 5.14. The van der Waals surface area contributed by atoms with Crippen molar-refractivity contribution in [3.63, 3.8) is 0 Å². The summed E-state index contributed by atoms with van der Waals surface area (Å²) in [5.74, 6) is -1.23. The number of carbonyl (C=O) groups excluding carboxylic acids is 2. The fourth-order valence-corrected chi connectivity index (χ4v) is 3.72. The number of carbonyl (C=O) groups is 2. The topological polar surface area (TPSA) is 123 Å². The van der Waals surface area contributed by atoms with E-state index in [1.54, 1.807) is 13.8 Å². The van der Waals surface area contributed by atoms with E-state index in [4.69, 9.17) is 4.74 Å². The quantitative estimate of drug-likeness (QED) is 0.387. The van der Waals surface area contributed by atoms with Crippen LogP contribution in [0.4, 0.5) is 0 Å². The average Bonchev–Trinajstić information content (AvgIpc) is 2.62. The number of aromatic carboxylic acids is 1. The van der Waals surface area contributed by atoms with E-state index in [2.05, 4.69) is 6.92 Å². The predicted molar refractivity (Wildman–Crippen MR) is 111 cm³/mol. The van der Waals surface area contributed by atoms with Gasteiger partial charge in [-0.3, -0.25) is 4.79 Å². The number of Topliss-reactive ketones (excluding diaryl/α,β-unsaturated/α-hetero) is 1. The van der Waals surface area contributed by atoms with Gasteiger partial charge in [-0.05, 0) is 37.8 Å². The molecule has 0 fully saturated rings. The van der Waals surface area contributed by atoms with Crippen LogP contribution in [-0.2, 0) is 6.42 Å². The molecule has 0 bridgehead atoms. The van der Waals surface area contributed by atoms with Crippen molar-refractivity contribution in [2.75, 3.05) is 13.7 Å². The highest BCUT2D eigenvalue weighted by Crippen LogP contribution is 2.34. The molecule has 6 heteroatoms. The SMILES string of the molecule is CCCCCCCCCC(=O)c1c(C)c(CCO)c(OC)c(C(=O)[O-])c1C.[NH4+]. The van der Waals surface area contributed by atoms with E-state index in [1.807, 2.05) is 0 Å². The first-order valence-electron chi connectivity index (χ1n) is 9.96. The number of hydrogen-bond acceptors (Lipinski definition) is 5. The Bertz CT molecular complexity index is 655. The van der Waals surface area contributed by atoms with Crippen LogP contribution in [0.1, 0.15) is 95.7 Å². The summed E-state index contributed by atoms with van der Waals surface area (Å²) in [7, 11) is 1.39. The van der Waals surface area contributed by atoms with Crippen LogP contribution >= 0.6 is 0 Å². The molecule has 0 unspecified atom stereocenters. The third kappa shape index (κ3) is 6.60. The van der Waals surface area contributed by atoms with Gasteiger partial charge < -0.3 is 25.9 Å². The van der Waals surface area contributed by atoms with Gasteiger partial charge in [0.25, 0.3) is 0 Å². The summed E-state index contributed by atoms with van der Waals surface area (Å²) in [6, 6.07) is 0. The first-order valence-corrected chi connectivity index (χ1v) is 9.96. The number of benzene rings is 1. The lowest BCUT2D eigenvalue weighted by molar-refractivity contribution is -0.255. The van der Waals surface area contributed by atoms with Crippen molar-refractivity contribution in [3.8, 4) is 5.75 Å². The normalized spacial score (nSPS) is 10.5. The van der Waals surface area contributed by atoms with Crippen molar-refractivity contribution in [1.29, 1.82) is 0 Å². The summed E-state index contributed by atoms with van der Waals surface area (Å²) in [6.07, 6.45) is 8.44. The maximum Gasteiger partial charge on any atom is 0.163 e. The van der Waals surface area contributed by atoms with E-state index >= 15 is 0 Å². The Morgan fingerprint density at radius 3 is 2.04 bits per heavy atom. The number of aliphatic hydroxyl groups is 1. The molecule has 0 aliphatic heterocycles. The minimum Gasteiger partial charge on any atom is -0.545 e. The third-order valence-corrected chi connectivity index (χ3v) is 5.14. The Kier molecular flexibility index (Phi) is 12.4. The minimum absolute atomic E-state index is 0. The number of rotatable bonds is 13. The van der Waals surface area contributed by atoms with Gasteiger partial charge in [0, 0.05) is 29.7 Å². The van der Waals surface area contributed by atoms with Crippen molar-refractivity contribution in [2.45, 2.75) is 78.6 Å². The second-order valence-electron chi connectivity index (χ2n) is 7.07. The van der Waals surface area contributed by atoms with Crippen molar-refractivity contribution in [3.05, 3.63) is 27.8 Å². The number of quaternary nitrogens is 1. The highest BCUT2D eigenvalue weighted by Gasteiger charge is 2.24. The van der Waals surface area contributed by atoms with Crippen LogP contribution in [0.5, 0.6) is 5.75 Å². The lowest BCUT2D eigenvalue weighted by atomic mass is 9.87. The molecule has 5 N–H and O–H groups in total. The van der Waals surface area contributed by atoms with Gasteiger partial charge in [0.1, 0.15) is 5.75 Å². The summed E-state index contributed by atoms with van der Waals surface area (Å²) in [4.78, 5) is 24.5. The Morgan fingerprint density at radius 1 is 0.964 bits per heavy atom. The van der Waals surface area contributed by atoms with Gasteiger partial charge in [-0.25, -0.2) is 0 Å². The zero-order valence-corrected chi connectivity index (χ0v) is 18.2. The molecule has 160 valence electrons. The first kappa shape index (κ1) is 26.1. The molecule has 1 aromatic rings. The molecular formula is C22H37NO5. The maximum atomic E-state index is 12.8. The van der Waals surface area contributed by atoms with E-state index in [1.165, 1.54) is 32.8 Å². The van der Waals surface area contributed by atoms with Crippen molar-refractivity contribution in [1.82, 2.24) is 6.15 Å². The molecule has 0 saturated carbocycles. The van der Waals surface area contributed by atoms with Gasteiger partial charge in [0.05, 0.1) is 13.1 Å². The smallest absolute Gasteiger partial charge is 0.163 e. The molecule has 0 saturated heterocycles. The Hall–Kier alpha value is -1.92. The van der Waals surface area contributed by atoms with Gasteiger partial charge in [-0.2, -0.15) is 0 Å². The number of methoxy groups -OCH3 is 1. The van der Waals surface area contributed by atoms with E-state index in [0.717, 1.165) is 19.3 Å². The molecule has 0 spiro atoms. The van der Waals surface area contributed by atoms with E-state index in [-0.39, 0.29) is 36.3 Å². The molecule has 0 atom stereocenters. The van der Waals surface area contributed by atoms with Gasteiger partial charge in [0.2, 0.25) is 0 Å². The summed E-state index contributed by atoms with van der Waals surface area (Å²) in [6.45, 7) is 5.45. The van der Waals surface area contributed by atoms with Gasteiger partial charge in [-0.15, -0.1) is 0 Å². The zero-order chi connectivity index (χ0) is 20.4. The standard InChI is InChI=1S/C22H34O5.H3N/c1-5-6-7-8-9-10-11-12-18(24)19-15(2)17(13-14-23)21(27-4)20(16(19)3)22(25)26;/h23H,5-14H2,1-4H3,(H,25,26);1H3. The summed E-state index contributed by atoms with van der Waals surface area (Å²) in [5.41, 5.74) is 1.99. The van der Waals surface area contributed by atoms with Gasteiger partial charge >= 0.3 is 0 Å². The molecule has 0 aliphatic carbocycles. The molecular weight excluding hydrogens is 358 g/mol. The molecule has 0 amide bonds. The highest BCUT2D eigenvalue weighted by molar-refractivity contribution is 6.03. The number of carboxylic acids is 1. The molecule has 1 rings (SSSR count).